The first-order chi connectivity index (χ1) is 13.6. The molecule has 0 saturated carbocycles. The number of rotatable bonds is 6. The van der Waals surface area contributed by atoms with Crippen LogP contribution in [-0.4, -0.2) is 62.6 Å². The topological polar surface area (TPSA) is 57.6 Å². The van der Waals surface area contributed by atoms with Gasteiger partial charge < -0.3 is 9.47 Å². The highest BCUT2D eigenvalue weighted by Gasteiger charge is 2.27. The van der Waals surface area contributed by atoms with Gasteiger partial charge in [-0.1, -0.05) is 32.9 Å². The Morgan fingerprint density at radius 3 is 2.14 bits per heavy atom. The lowest BCUT2D eigenvalue weighted by Gasteiger charge is -2.38. The third-order valence-electron chi connectivity index (χ3n) is 5.80. The van der Waals surface area contributed by atoms with Crippen LogP contribution >= 0.6 is 0 Å². The second kappa shape index (κ2) is 8.60. The van der Waals surface area contributed by atoms with E-state index in [-0.39, 0.29) is 11.5 Å². The lowest BCUT2D eigenvalue weighted by Crippen LogP contribution is -2.48. The number of hydrogen-bond donors (Lipinski definition) is 1. The zero-order chi connectivity index (χ0) is 21.2. The Kier molecular flexibility index (Phi) is 6.53. The van der Waals surface area contributed by atoms with Crippen molar-refractivity contribution in [3.8, 4) is 0 Å². The molecule has 29 heavy (non-hydrogen) atoms. The molecule has 1 atom stereocenters. The molecule has 1 aliphatic heterocycles. The Morgan fingerprint density at radius 1 is 1.00 bits per heavy atom. The van der Waals surface area contributed by atoms with Crippen LogP contribution in [0.1, 0.15) is 38.1 Å². The second-order valence-electron chi connectivity index (χ2n) is 9.03. The van der Waals surface area contributed by atoms with E-state index in [0.29, 0.717) is 11.4 Å². The van der Waals surface area contributed by atoms with E-state index in [4.69, 9.17) is 0 Å². The standard InChI is InChI=1S/C22H34N4O2S/c1-22(2,3)18-8-10-19(11-9-18)29(27,28)23-17-21(20-7-6-12-25(20)5)26-15-13-24(4)14-16-26/h6-12,21,23H,13-17H2,1-5H3. The second-order valence-corrected chi connectivity index (χ2v) is 10.8. The van der Waals surface area contributed by atoms with Crippen LogP contribution in [0.3, 0.4) is 0 Å². The van der Waals surface area contributed by atoms with Gasteiger partial charge >= 0.3 is 0 Å². The van der Waals surface area contributed by atoms with Gasteiger partial charge in [0, 0.05) is 51.7 Å². The molecule has 1 aromatic carbocycles. The van der Waals surface area contributed by atoms with Crippen LogP contribution in [0.2, 0.25) is 0 Å². The normalized spacial score (nSPS) is 18.1. The highest BCUT2D eigenvalue weighted by molar-refractivity contribution is 7.89. The van der Waals surface area contributed by atoms with Gasteiger partial charge in [-0.25, -0.2) is 13.1 Å². The van der Waals surface area contributed by atoms with E-state index >= 15 is 0 Å². The van der Waals surface area contributed by atoms with Gasteiger partial charge in [-0.15, -0.1) is 0 Å². The van der Waals surface area contributed by atoms with Gasteiger partial charge in [0.05, 0.1) is 10.9 Å². The summed E-state index contributed by atoms with van der Waals surface area (Å²) in [6, 6.07) is 11.3. The molecule has 1 aliphatic rings. The Labute approximate surface area is 175 Å². The van der Waals surface area contributed by atoms with Crippen LogP contribution in [0, 0.1) is 0 Å². The average Bonchev–Trinajstić information content (AvgIpc) is 3.08. The summed E-state index contributed by atoms with van der Waals surface area (Å²) in [6.45, 7) is 10.5. The number of likely N-dealkylation sites (N-methyl/N-ethyl adjacent to an activating group) is 1. The van der Waals surface area contributed by atoms with Crippen molar-refractivity contribution < 1.29 is 8.42 Å². The number of nitrogens with zero attached hydrogens (tertiary/aromatic N) is 3. The molecule has 1 N–H and O–H groups in total. The van der Waals surface area contributed by atoms with Crippen LogP contribution in [-0.2, 0) is 22.5 Å². The predicted octanol–water partition coefficient (Wildman–Crippen LogP) is 2.59. The number of nitrogens with one attached hydrogen (secondary N) is 1. The number of hydrogen-bond acceptors (Lipinski definition) is 4. The SMILES string of the molecule is CN1CCN(C(CNS(=O)(=O)c2ccc(C(C)(C)C)cc2)c2cccn2C)CC1. The molecule has 0 radical (unpaired) electrons. The number of aromatic nitrogens is 1. The summed E-state index contributed by atoms with van der Waals surface area (Å²) in [7, 11) is 0.569. The fraction of sp³-hybridized carbons (Fsp3) is 0.545. The zero-order valence-electron chi connectivity index (χ0n) is 18.2. The summed E-state index contributed by atoms with van der Waals surface area (Å²) in [5, 5.41) is 0. The average molecular weight is 419 g/mol. The molecular weight excluding hydrogens is 384 g/mol. The third-order valence-corrected chi connectivity index (χ3v) is 7.24. The molecule has 2 heterocycles. The monoisotopic (exact) mass is 418 g/mol. The highest BCUT2D eigenvalue weighted by atomic mass is 32.2. The molecule has 0 spiro atoms. The quantitative estimate of drug-likeness (QED) is 0.783. The predicted molar refractivity (Wildman–Crippen MR) is 118 cm³/mol. The van der Waals surface area contributed by atoms with Crippen LogP contribution in [0.25, 0.3) is 0 Å². The molecule has 1 saturated heterocycles. The Bertz CT molecular complexity index is 905. The van der Waals surface area contributed by atoms with Gasteiger partial charge in [0.15, 0.2) is 0 Å². The zero-order valence-corrected chi connectivity index (χ0v) is 19.0. The molecule has 7 heteroatoms. The minimum absolute atomic E-state index is 0.00519. The molecule has 0 amide bonds. The summed E-state index contributed by atoms with van der Waals surface area (Å²) in [5.41, 5.74) is 2.24. The van der Waals surface area contributed by atoms with Crippen molar-refractivity contribution in [2.75, 3.05) is 39.8 Å². The molecule has 1 unspecified atom stereocenters. The maximum absolute atomic E-state index is 12.9. The van der Waals surface area contributed by atoms with E-state index in [1.165, 1.54) is 0 Å². The Balaban J connectivity index is 1.77. The van der Waals surface area contributed by atoms with E-state index in [0.717, 1.165) is 37.4 Å². The maximum atomic E-state index is 12.9. The van der Waals surface area contributed by atoms with Gasteiger partial charge in [-0.2, -0.15) is 0 Å². The third kappa shape index (κ3) is 5.28. The van der Waals surface area contributed by atoms with Gasteiger partial charge in [0.25, 0.3) is 0 Å². The molecule has 0 aliphatic carbocycles. The van der Waals surface area contributed by atoms with Crippen molar-refractivity contribution in [1.29, 1.82) is 0 Å². The Hall–Kier alpha value is -1.67. The summed E-state index contributed by atoms with van der Waals surface area (Å²) in [6.07, 6.45) is 2.01. The highest BCUT2D eigenvalue weighted by Crippen LogP contribution is 2.25. The largest absolute Gasteiger partial charge is 0.353 e. The number of piperazine rings is 1. The lowest BCUT2D eigenvalue weighted by molar-refractivity contribution is 0.109. The fourth-order valence-corrected chi connectivity index (χ4v) is 4.82. The van der Waals surface area contributed by atoms with Crippen molar-refractivity contribution in [2.45, 2.75) is 37.1 Å². The van der Waals surface area contributed by atoms with Crippen molar-refractivity contribution in [3.05, 3.63) is 53.9 Å². The maximum Gasteiger partial charge on any atom is 0.240 e. The van der Waals surface area contributed by atoms with E-state index in [2.05, 4.69) is 53.0 Å². The van der Waals surface area contributed by atoms with Crippen molar-refractivity contribution in [1.82, 2.24) is 19.1 Å². The first-order valence-electron chi connectivity index (χ1n) is 10.2. The van der Waals surface area contributed by atoms with Crippen molar-refractivity contribution in [2.24, 2.45) is 7.05 Å². The molecule has 160 valence electrons. The van der Waals surface area contributed by atoms with E-state index in [9.17, 15) is 8.42 Å². The van der Waals surface area contributed by atoms with Gasteiger partial charge in [-0.05, 0) is 42.3 Å². The number of benzene rings is 1. The van der Waals surface area contributed by atoms with Crippen LogP contribution in [0.5, 0.6) is 0 Å². The fourth-order valence-electron chi connectivity index (χ4n) is 3.78. The number of aryl methyl sites for hydroxylation is 1. The molecule has 6 nitrogen and oxygen atoms in total. The molecule has 1 fully saturated rings. The Morgan fingerprint density at radius 2 is 1.62 bits per heavy atom. The lowest BCUT2D eigenvalue weighted by atomic mass is 9.87. The molecule has 3 rings (SSSR count). The number of sulfonamides is 1. The van der Waals surface area contributed by atoms with Crippen LogP contribution in [0.15, 0.2) is 47.5 Å². The molecule has 0 bridgehead atoms. The van der Waals surface area contributed by atoms with E-state index in [1.54, 1.807) is 12.1 Å². The van der Waals surface area contributed by atoms with Crippen LogP contribution in [0.4, 0.5) is 0 Å². The summed E-state index contributed by atoms with van der Waals surface area (Å²) in [4.78, 5) is 4.99. The molecular formula is C22H34N4O2S. The van der Waals surface area contributed by atoms with E-state index in [1.807, 2.05) is 31.4 Å². The van der Waals surface area contributed by atoms with Gasteiger partial charge in [0.1, 0.15) is 0 Å². The van der Waals surface area contributed by atoms with E-state index < -0.39 is 10.0 Å². The summed E-state index contributed by atoms with van der Waals surface area (Å²) in [5.74, 6) is 0. The van der Waals surface area contributed by atoms with Gasteiger partial charge in [-0.3, -0.25) is 4.90 Å². The van der Waals surface area contributed by atoms with Crippen molar-refractivity contribution in [3.63, 3.8) is 0 Å². The smallest absolute Gasteiger partial charge is 0.240 e. The van der Waals surface area contributed by atoms with Crippen LogP contribution < -0.4 is 4.72 Å². The summed E-state index contributed by atoms with van der Waals surface area (Å²) >= 11 is 0. The minimum Gasteiger partial charge on any atom is -0.353 e. The first-order valence-corrected chi connectivity index (χ1v) is 11.7. The molecule has 1 aromatic heterocycles. The van der Waals surface area contributed by atoms with Gasteiger partial charge in [0.2, 0.25) is 10.0 Å². The molecule has 2 aromatic rings. The summed E-state index contributed by atoms with van der Waals surface area (Å²) < 4.78 is 30.8. The van der Waals surface area contributed by atoms with Crippen molar-refractivity contribution >= 4 is 10.0 Å². The first kappa shape index (κ1) is 22.0. The minimum atomic E-state index is -3.57.